The van der Waals surface area contributed by atoms with Crippen LogP contribution < -0.4 is 16.0 Å². The van der Waals surface area contributed by atoms with Crippen molar-refractivity contribution in [1.82, 2.24) is 20.0 Å². The fraction of sp³-hybridized carbons (Fsp3) is 0.389. The fourth-order valence-electron chi connectivity index (χ4n) is 3.22. The van der Waals surface area contributed by atoms with E-state index in [0.717, 1.165) is 10.4 Å². The number of hydrogen-bond acceptors (Lipinski definition) is 4. The molecule has 8 nitrogen and oxygen atoms in total. The third kappa shape index (κ3) is 5.53. The standard InChI is InChI=1S/C18H19Cl2F3N6O2/c19-11-1-3-12(4-2-11)27-5-7-28(8-6-27)14(30)10-29-13(9-25-17(24)31)15(20)16(26-29)18(21,22)23/h1-4H,5-10H2,(H3,24,25,31). The van der Waals surface area contributed by atoms with Crippen molar-refractivity contribution in [2.75, 3.05) is 31.1 Å². The minimum atomic E-state index is -4.81. The van der Waals surface area contributed by atoms with Crippen LogP contribution in [0.15, 0.2) is 24.3 Å². The Kier molecular flexibility index (Phi) is 6.85. The van der Waals surface area contributed by atoms with Crippen LogP contribution in [0.2, 0.25) is 10.0 Å². The number of carbonyl (C=O) groups is 2. The summed E-state index contributed by atoms with van der Waals surface area (Å²) in [6.07, 6.45) is -4.81. The van der Waals surface area contributed by atoms with E-state index in [4.69, 9.17) is 28.9 Å². The number of rotatable bonds is 5. The summed E-state index contributed by atoms with van der Waals surface area (Å²) in [6, 6.07) is 6.36. The quantitative estimate of drug-likeness (QED) is 0.690. The molecular weight excluding hydrogens is 460 g/mol. The number of carbonyl (C=O) groups excluding carboxylic acids is 2. The zero-order valence-corrected chi connectivity index (χ0v) is 17.6. The number of urea groups is 1. The topological polar surface area (TPSA) is 96.5 Å². The third-order valence-electron chi connectivity index (χ3n) is 4.80. The molecule has 0 atom stereocenters. The van der Waals surface area contributed by atoms with Crippen LogP contribution in [-0.4, -0.2) is 52.8 Å². The second-order valence-electron chi connectivity index (χ2n) is 6.83. The van der Waals surface area contributed by atoms with E-state index in [1.54, 1.807) is 17.0 Å². The molecule has 1 fully saturated rings. The zero-order chi connectivity index (χ0) is 22.8. The largest absolute Gasteiger partial charge is 0.436 e. The summed E-state index contributed by atoms with van der Waals surface area (Å²) in [5, 5.41) is 5.58. The molecule has 1 aromatic carbocycles. The van der Waals surface area contributed by atoms with Crippen molar-refractivity contribution in [3.63, 3.8) is 0 Å². The Morgan fingerprint density at radius 2 is 1.71 bits per heavy atom. The maximum atomic E-state index is 13.2. The predicted octanol–water partition coefficient (Wildman–Crippen LogP) is 2.73. The molecule has 3 amide bonds. The summed E-state index contributed by atoms with van der Waals surface area (Å²) < 4.78 is 40.4. The molecule has 2 aromatic rings. The molecule has 1 aliphatic rings. The van der Waals surface area contributed by atoms with Crippen molar-refractivity contribution in [3.8, 4) is 0 Å². The molecule has 1 saturated heterocycles. The summed E-state index contributed by atoms with van der Waals surface area (Å²) in [6.45, 7) is 1.03. The molecule has 0 saturated carbocycles. The van der Waals surface area contributed by atoms with Crippen LogP contribution >= 0.6 is 23.2 Å². The minimum absolute atomic E-state index is 0.152. The Morgan fingerprint density at radius 1 is 1.10 bits per heavy atom. The molecule has 1 aromatic heterocycles. The first-order chi connectivity index (χ1) is 14.6. The van der Waals surface area contributed by atoms with E-state index >= 15 is 0 Å². The van der Waals surface area contributed by atoms with Gasteiger partial charge >= 0.3 is 12.2 Å². The zero-order valence-electron chi connectivity index (χ0n) is 16.1. The van der Waals surface area contributed by atoms with Crippen molar-refractivity contribution < 1.29 is 22.8 Å². The molecule has 3 rings (SSSR count). The molecule has 0 radical (unpaired) electrons. The maximum Gasteiger partial charge on any atom is 0.436 e. The van der Waals surface area contributed by atoms with E-state index < -0.39 is 41.9 Å². The second-order valence-corrected chi connectivity index (χ2v) is 7.64. The highest BCUT2D eigenvalue weighted by atomic mass is 35.5. The van der Waals surface area contributed by atoms with Crippen LogP contribution in [0.1, 0.15) is 11.4 Å². The Labute approximate surface area is 185 Å². The molecular formula is C18H19Cl2F3N6O2. The van der Waals surface area contributed by atoms with Crippen LogP contribution in [0.25, 0.3) is 0 Å². The van der Waals surface area contributed by atoms with E-state index in [2.05, 4.69) is 15.3 Å². The average molecular weight is 479 g/mol. The van der Waals surface area contributed by atoms with Gasteiger partial charge in [0.2, 0.25) is 5.91 Å². The van der Waals surface area contributed by atoms with Gasteiger partial charge in [-0.25, -0.2) is 4.79 Å². The van der Waals surface area contributed by atoms with Gasteiger partial charge in [0.1, 0.15) is 6.54 Å². The number of halogens is 5. The fourth-order valence-corrected chi connectivity index (χ4v) is 3.66. The maximum absolute atomic E-state index is 13.2. The van der Waals surface area contributed by atoms with Gasteiger partial charge in [-0.05, 0) is 24.3 Å². The average Bonchev–Trinajstić information content (AvgIpc) is 3.02. The molecule has 0 spiro atoms. The summed E-state index contributed by atoms with van der Waals surface area (Å²) in [5.41, 5.74) is 4.48. The number of piperazine rings is 1. The molecule has 0 bridgehead atoms. The van der Waals surface area contributed by atoms with Gasteiger partial charge < -0.3 is 20.9 Å². The molecule has 13 heteroatoms. The van der Waals surface area contributed by atoms with Gasteiger partial charge in [0.05, 0.1) is 17.3 Å². The smallest absolute Gasteiger partial charge is 0.368 e. The number of hydrogen-bond donors (Lipinski definition) is 2. The van der Waals surface area contributed by atoms with Crippen molar-refractivity contribution in [1.29, 1.82) is 0 Å². The molecule has 0 unspecified atom stereocenters. The summed E-state index contributed by atoms with van der Waals surface area (Å²) in [4.78, 5) is 27.3. The number of amides is 3. The summed E-state index contributed by atoms with van der Waals surface area (Å²) >= 11 is 11.7. The van der Waals surface area contributed by atoms with Crippen molar-refractivity contribution >= 4 is 40.8 Å². The first kappa shape index (κ1) is 23.0. The van der Waals surface area contributed by atoms with Crippen LogP contribution in [-0.2, 0) is 24.1 Å². The van der Waals surface area contributed by atoms with Crippen molar-refractivity contribution in [3.05, 3.63) is 45.7 Å². The van der Waals surface area contributed by atoms with Crippen LogP contribution in [0.3, 0.4) is 0 Å². The summed E-state index contributed by atoms with van der Waals surface area (Å²) in [7, 11) is 0. The van der Waals surface area contributed by atoms with E-state index in [0.29, 0.717) is 31.2 Å². The molecule has 2 heterocycles. The predicted molar refractivity (Wildman–Crippen MR) is 109 cm³/mol. The number of aromatic nitrogens is 2. The van der Waals surface area contributed by atoms with Crippen molar-refractivity contribution in [2.24, 2.45) is 5.73 Å². The van der Waals surface area contributed by atoms with Gasteiger partial charge in [0, 0.05) is 36.9 Å². The minimum Gasteiger partial charge on any atom is -0.368 e. The van der Waals surface area contributed by atoms with Gasteiger partial charge in [0.15, 0.2) is 5.69 Å². The highest BCUT2D eigenvalue weighted by Crippen LogP contribution is 2.35. The highest BCUT2D eigenvalue weighted by Gasteiger charge is 2.39. The lowest BCUT2D eigenvalue weighted by atomic mass is 10.2. The third-order valence-corrected chi connectivity index (χ3v) is 5.45. The first-order valence-corrected chi connectivity index (χ1v) is 9.96. The lowest BCUT2D eigenvalue weighted by Gasteiger charge is -2.36. The molecule has 3 N–H and O–H groups in total. The molecule has 0 aliphatic carbocycles. The van der Waals surface area contributed by atoms with Crippen molar-refractivity contribution in [2.45, 2.75) is 19.3 Å². The normalized spacial score (nSPS) is 14.6. The van der Waals surface area contributed by atoms with E-state index in [1.807, 2.05) is 12.1 Å². The SMILES string of the molecule is NC(=O)NCc1c(Cl)c(C(F)(F)F)nn1CC(=O)N1CCN(c2ccc(Cl)cc2)CC1. The number of benzene rings is 1. The number of alkyl halides is 3. The molecule has 168 valence electrons. The number of primary amides is 1. The molecule has 31 heavy (non-hydrogen) atoms. The number of nitrogens with two attached hydrogens (primary N) is 1. The Balaban J connectivity index is 1.69. The monoisotopic (exact) mass is 478 g/mol. The van der Waals surface area contributed by atoms with Gasteiger partial charge in [-0.15, -0.1) is 0 Å². The van der Waals surface area contributed by atoms with Gasteiger partial charge in [-0.1, -0.05) is 23.2 Å². The highest BCUT2D eigenvalue weighted by molar-refractivity contribution is 6.32. The van der Waals surface area contributed by atoms with Gasteiger partial charge in [0.25, 0.3) is 0 Å². The van der Waals surface area contributed by atoms with E-state index in [-0.39, 0.29) is 5.69 Å². The Bertz CT molecular complexity index is 956. The first-order valence-electron chi connectivity index (χ1n) is 9.20. The van der Waals surface area contributed by atoms with Gasteiger partial charge in [-0.3, -0.25) is 9.48 Å². The van der Waals surface area contributed by atoms with Gasteiger partial charge in [-0.2, -0.15) is 18.3 Å². The van der Waals surface area contributed by atoms with Crippen LogP contribution in [0.4, 0.5) is 23.7 Å². The van der Waals surface area contributed by atoms with Crippen LogP contribution in [0.5, 0.6) is 0 Å². The van der Waals surface area contributed by atoms with E-state index in [9.17, 15) is 22.8 Å². The number of nitrogens with one attached hydrogen (secondary N) is 1. The second kappa shape index (κ2) is 9.23. The number of nitrogens with zero attached hydrogens (tertiary/aromatic N) is 4. The number of anilines is 1. The van der Waals surface area contributed by atoms with E-state index in [1.165, 1.54) is 0 Å². The summed E-state index contributed by atoms with van der Waals surface area (Å²) in [5.74, 6) is -0.413. The lowest BCUT2D eigenvalue weighted by Crippen LogP contribution is -2.49. The van der Waals surface area contributed by atoms with Crippen LogP contribution in [0, 0.1) is 0 Å². The lowest BCUT2D eigenvalue weighted by molar-refractivity contribution is -0.142. The molecule has 1 aliphatic heterocycles. The Morgan fingerprint density at radius 3 is 2.26 bits per heavy atom. The Hall–Kier alpha value is -2.66.